The van der Waals surface area contributed by atoms with E-state index in [9.17, 15) is 14.7 Å². The summed E-state index contributed by atoms with van der Waals surface area (Å²) in [6.07, 6.45) is 1.62. The number of aliphatic carboxylic acids is 1. The van der Waals surface area contributed by atoms with Crippen molar-refractivity contribution in [2.45, 2.75) is 25.3 Å². The summed E-state index contributed by atoms with van der Waals surface area (Å²) in [7, 11) is 1.70. The zero-order chi connectivity index (χ0) is 13.1. The molecular formula is C14H17NO3. The summed E-state index contributed by atoms with van der Waals surface area (Å²) >= 11 is 0. The molecule has 1 aliphatic heterocycles. The summed E-state index contributed by atoms with van der Waals surface area (Å²) in [6, 6.07) is 9.04. The van der Waals surface area contributed by atoms with Gasteiger partial charge in [0.2, 0.25) is 5.91 Å². The first-order valence-electron chi connectivity index (χ1n) is 6.14. The second kappa shape index (κ2) is 5.21. The molecule has 1 saturated heterocycles. The fourth-order valence-electron chi connectivity index (χ4n) is 2.60. The highest BCUT2D eigenvalue weighted by Gasteiger charge is 2.36. The Bertz CT molecular complexity index is 444. The van der Waals surface area contributed by atoms with Crippen LogP contribution in [0, 0.1) is 5.92 Å². The zero-order valence-electron chi connectivity index (χ0n) is 10.4. The van der Waals surface area contributed by atoms with E-state index >= 15 is 0 Å². The van der Waals surface area contributed by atoms with Gasteiger partial charge in [-0.25, -0.2) is 0 Å². The molecule has 2 atom stereocenters. The minimum absolute atomic E-state index is 0.0209. The Kier molecular flexibility index (Phi) is 3.65. The van der Waals surface area contributed by atoms with E-state index < -0.39 is 11.9 Å². The predicted molar refractivity (Wildman–Crippen MR) is 66.9 cm³/mol. The summed E-state index contributed by atoms with van der Waals surface area (Å²) in [6.45, 7) is 0. The van der Waals surface area contributed by atoms with Gasteiger partial charge in [-0.3, -0.25) is 9.59 Å². The molecule has 2 unspecified atom stereocenters. The first kappa shape index (κ1) is 12.6. The first-order chi connectivity index (χ1) is 8.61. The molecule has 0 saturated carbocycles. The van der Waals surface area contributed by atoms with E-state index in [0.717, 1.165) is 5.56 Å². The van der Waals surface area contributed by atoms with E-state index in [-0.39, 0.29) is 11.9 Å². The predicted octanol–water partition coefficient (Wildman–Crippen LogP) is 2.07. The van der Waals surface area contributed by atoms with Crippen molar-refractivity contribution in [2.75, 3.05) is 7.05 Å². The largest absolute Gasteiger partial charge is 0.481 e. The highest BCUT2D eigenvalue weighted by atomic mass is 16.4. The normalized spacial score (nSPS) is 24.7. The van der Waals surface area contributed by atoms with E-state index in [1.807, 2.05) is 30.3 Å². The van der Waals surface area contributed by atoms with Gasteiger partial charge in [-0.1, -0.05) is 30.3 Å². The van der Waals surface area contributed by atoms with Gasteiger partial charge in [0.05, 0.1) is 12.0 Å². The van der Waals surface area contributed by atoms with Gasteiger partial charge in [0.25, 0.3) is 0 Å². The lowest BCUT2D eigenvalue weighted by Crippen LogP contribution is -2.36. The lowest BCUT2D eigenvalue weighted by molar-refractivity contribution is -0.145. The third kappa shape index (κ3) is 2.37. The fraction of sp³-hybridized carbons (Fsp3) is 0.429. The average Bonchev–Trinajstić information content (AvgIpc) is 2.51. The topological polar surface area (TPSA) is 57.6 Å². The van der Waals surface area contributed by atoms with Crippen LogP contribution in [0.2, 0.25) is 0 Å². The van der Waals surface area contributed by atoms with Crippen LogP contribution in [0.25, 0.3) is 0 Å². The summed E-state index contributed by atoms with van der Waals surface area (Å²) in [4.78, 5) is 24.9. The van der Waals surface area contributed by atoms with E-state index in [1.165, 1.54) is 0 Å². The van der Waals surface area contributed by atoms with Gasteiger partial charge in [-0.15, -0.1) is 0 Å². The molecule has 1 amide bonds. The minimum atomic E-state index is -0.828. The highest BCUT2D eigenvalue weighted by Crippen LogP contribution is 2.34. The van der Waals surface area contributed by atoms with Crippen molar-refractivity contribution in [3.63, 3.8) is 0 Å². The van der Waals surface area contributed by atoms with Gasteiger partial charge in [0.15, 0.2) is 0 Å². The maximum absolute atomic E-state index is 11.9. The van der Waals surface area contributed by atoms with Crippen molar-refractivity contribution in [1.29, 1.82) is 0 Å². The molecule has 1 N–H and O–H groups in total. The van der Waals surface area contributed by atoms with Crippen molar-refractivity contribution in [1.82, 2.24) is 4.90 Å². The number of benzene rings is 1. The minimum Gasteiger partial charge on any atom is -0.481 e. The lowest BCUT2D eigenvalue weighted by atomic mass is 9.89. The molecule has 4 nitrogen and oxygen atoms in total. The van der Waals surface area contributed by atoms with E-state index in [0.29, 0.717) is 19.3 Å². The number of hydrogen-bond acceptors (Lipinski definition) is 2. The molecule has 96 valence electrons. The van der Waals surface area contributed by atoms with Gasteiger partial charge in [0, 0.05) is 13.5 Å². The molecule has 1 heterocycles. The molecule has 1 fully saturated rings. The maximum Gasteiger partial charge on any atom is 0.308 e. The van der Waals surface area contributed by atoms with E-state index in [4.69, 9.17) is 0 Å². The number of carboxylic acid groups (broad SMARTS) is 1. The van der Waals surface area contributed by atoms with Gasteiger partial charge in [-0.05, 0) is 18.4 Å². The summed E-state index contributed by atoms with van der Waals surface area (Å²) in [5.41, 5.74) is 0.891. The van der Waals surface area contributed by atoms with Gasteiger partial charge in [-0.2, -0.15) is 0 Å². The van der Waals surface area contributed by atoms with Gasteiger partial charge < -0.3 is 10.0 Å². The fourth-order valence-corrected chi connectivity index (χ4v) is 2.60. The number of carbonyl (C=O) groups is 2. The van der Waals surface area contributed by atoms with Crippen molar-refractivity contribution >= 4 is 11.9 Å². The van der Waals surface area contributed by atoms with Crippen molar-refractivity contribution < 1.29 is 14.7 Å². The Hall–Kier alpha value is -1.84. The Morgan fingerprint density at radius 3 is 2.61 bits per heavy atom. The van der Waals surface area contributed by atoms with Gasteiger partial charge >= 0.3 is 5.97 Å². The Morgan fingerprint density at radius 1 is 1.33 bits per heavy atom. The van der Waals surface area contributed by atoms with Crippen LogP contribution in [0.4, 0.5) is 0 Å². The molecule has 1 aromatic rings. The van der Waals surface area contributed by atoms with Crippen LogP contribution in [-0.4, -0.2) is 28.9 Å². The number of hydrogen-bond donors (Lipinski definition) is 1. The molecule has 0 bridgehead atoms. The summed E-state index contributed by atoms with van der Waals surface area (Å²) < 4.78 is 0. The van der Waals surface area contributed by atoms with Crippen LogP contribution >= 0.6 is 0 Å². The number of nitrogens with zero attached hydrogens (tertiary/aromatic N) is 1. The highest BCUT2D eigenvalue weighted by molar-refractivity contribution is 5.79. The maximum atomic E-state index is 11.9. The van der Waals surface area contributed by atoms with E-state index in [1.54, 1.807) is 11.9 Å². The Balaban J connectivity index is 2.40. The molecule has 0 radical (unpaired) electrons. The molecule has 4 heteroatoms. The summed E-state index contributed by atoms with van der Waals surface area (Å²) in [5.74, 6) is -1.33. The molecule has 0 aromatic heterocycles. The smallest absolute Gasteiger partial charge is 0.308 e. The van der Waals surface area contributed by atoms with Crippen LogP contribution in [0.15, 0.2) is 30.3 Å². The lowest BCUT2D eigenvalue weighted by Gasteiger charge is -2.30. The molecular weight excluding hydrogens is 230 g/mol. The second-order valence-corrected chi connectivity index (χ2v) is 4.70. The number of carboxylic acids is 1. The SMILES string of the molecule is CN1C(=O)CCCC(C(=O)O)C1c1ccccc1. The van der Waals surface area contributed by atoms with Gasteiger partial charge in [0.1, 0.15) is 0 Å². The van der Waals surface area contributed by atoms with Crippen LogP contribution in [0.1, 0.15) is 30.9 Å². The number of likely N-dealkylation sites (tertiary alicyclic amines) is 1. The van der Waals surface area contributed by atoms with Crippen LogP contribution in [0.5, 0.6) is 0 Å². The number of carbonyl (C=O) groups excluding carboxylic acids is 1. The third-order valence-electron chi connectivity index (χ3n) is 3.56. The molecule has 18 heavy (non-hydrogen) atoms. The second-order valence-electron chi connectivity index (χ2n) is 4.70. The molecule has 0 spiro atoms. The summed E-state index contributed by atoms with van der Waals surface area (Å²) in [5, 5.41) is 9.36. The third-order valence-corrected chi connectivity index (χ3v) is 3.56. The molecule has 2 rings (SSSR count). The quantitative estimate of drug-likeness (QED) is 0.870. The molecule has 0 aliphatic carbocycles. The molecule has 1 aromatic carbocycles. The monoisotopic (exact) mass is 247 g/mol. The van der Waals surface area contributed by atoms with Crippen LogP contribution in [0.3, 0.4) is 0 Å². The Labute approximate surface area is 106 Å². The van der Waals surface area contributed by atoms with Crippen molar-refractivity contribution in [3.8, 4) is 0 Å². The first-order valence-corrected chi connectivity index (χ1v) is 6.14. The zero-order valence-corrected chi connectivity index (χ0v) is 10.4. The van der Waals surface area contributed by atoms with Crippen molar-refractivity contribution in [2.24, 2.45) is 5.92 Å². The molecule has 1 aliphatic rings. The van der Waals surface area contributed by atoms with Crippen LogP contribution < -0.4 is 0 Å². The van der Waals surface area contributed by atoms with Crippen LogP contribution in [-0.2, 0) is 9.59 Å². The standard InChI is InChI=1S/C14H17NO3/c1-15-12(16)9-5-8-11(14(17)18)13(15)10-6-3-2-4-7-10/h2-4,6-7,11,13H,5,8-9H2,1H3,(H,17,18). The van der Waals surface area contributed by atoms with Crippen molar-refractivity contribution in [3.05, 3.63) is 35.9 Å². The number of amides is 1. The average molecular weight is 247 g/mol. The Morgan fingerprint density at radius 2 is 2.00 bits per heavy atom. The number of rotatable bonds is 2. The van der Waals surface area contributed by atoms with E-state index in [2.05, 4.69) is 0 Å².